The molecule has 19 heavy (non-hydrogen) atoms. The number of hydrogen-bond acceptors (Lipinski definition) is 3. The van der Waals surface area contributed by atoms with Crippen LogP contribution < -0.4 is 4.74 Å². The zero-order chi connectivity index (χ0) is 14.0. The molecule has 7 heteroatoms. The molecule has 0 aliphatic rings. The van der Waals surface area contributed by atoms with Gasteiger partial charge in [-0.25, -0.2) is 4.98 Å². The molecule has 0 saturated heterocycles. The van der Waals surface area contributed by atoms with Crippen molar-refractivity contribution in [2.45, 2.75) is 13.1 Å². The SMILES string of the molecule is Cc1ccc(Oc2nccc(C(F)(F)F)n2)c(Br)c1. The van der Waals surface area contributed by atoms with E-state index < -0.39 is 11.9 Å². The van der Waals surface area contributed by atoms with Gasteiger partial charge in [0.1, 0.15) is 5.75 Å². The first kappa shape index (κ1) is 13.8. The third-order valence-corrected chi connectivity index (χ3v) is 2.83. The first-order valence-electron chi connectivity index (χ1n) is 5.20. The molecule has 0 atom stereocenters. The van der Waals surface area contributed by atoms with Crippen molar-refractivity contribution in [3.05, 3.63) is 46.2 Å². The van der Waals surface area contributed by atoms with Gasteiger partial charge in [0.05, 0.1) is 4.47 Å². The predicted octanol–water partition coefficient (Wildman–Crippen LogP) is 4.36. The van der Waals surface area contributed by atoms with Crippen molar-refractivity contribution in [2.75, 3.05) is 0 Å². The van der Waals surface area contributed by atoms with E-state index in [0.717, 1.165) is 17.8 Å². The summed E-state index contributed by atoms with van der Waals surface area (Å²) in [4.78, 5) is 6.98. The van der Waals surface area contributed by atoms with Crippen LogP contribution in [-0.2, 0) is 6.18 Å². The smallest absolute Gasteiger partial charge is 0.423 e. The van der Waals surface area contributed by atoms with Crippen LogP contribution in [0.25, 0.3) is 0 Å². The van der Waals surface area contributed by atoms with Crippen molar-refractivity contribution in [1.82, 2.24) is 9.97 Å². The van der Waals surface area contributed by atoms with Gasteiger partial charge in [-0.3, -0.25) is 0 Å². The van der Waals surface area contributed by atoms with Crippen LogP contribution in [0.3, 0.4) is 0 Å². The van der Waals surface area contributed by atoms with E-state index in [1.165, 1.54) is 0 Å². The van der Waals surface area contributed by atoms with Gasteiger partial charge in [-0.05, 0) is 46.6 Å². The molecule has 2 aromatic rings. The van der Waals surface area contributed by atoms with Crippen LogP contribution in [0.15, 0.2) is 34.9 Å². The van der Waals surface area contributed by atoms with Crippen molar-refractivity contribution in [3.63, 3.8) is 0 Å². The zero-order valence-corrected chi connectivity index (χ0v) is 11.3. The minimum atomic E-state index is -4.52. The van der Waals surface area contributed by atoms with E-state index >= 15 is 0 Å². The minimum absolute atomic E-state index is 0.348. The Hall–Kier alpha value is -1.63. The first-order valence-corrected chi connectivity index (χ1v) is 6.00. The predicted molar refractivity (Wildman–Crippen MR) is 66.0 cm³/mol. The molecule has 0 bridgehead atoms. The third-order valence-electron chi connectivity index (χ3n) is 2.21. The van der Waals surface area contributed by atoms with Gasteiger partial charge in [0.15, 0.2) is 5.69 Å². The molecule has 100 valence electrons. The normalized spacial score (nSPS) is 11.4. The Balaban J connectivity index is 2.29. The number of aromatic nitrogens is 2. The largest absolute Gasteiger partial charge is 0.433 e. The second-order valence-corrected chi connectivity index (χ2v) is 4.61. The van der Waals surface area contributed by atoms with E-state index in [-0.39, 0.29) is 6.01 Å². The summed E-state index contributed by atoms with van der Waals surface area (Å²) >= 11 is 3.26. The summed E-state index contributed by atoms with van der Waals surface area (Å²) in [6, 6.07) is 5.62. The van der Waals surface area contributed by atoms with E-state index in [2.05, 4.69) is 25.9 Å². The van der Waals surface area contributed by atoms with Gasteiger partial charge in [0, 0.05) is 6.20 Å². The van der Waals surface area contributed by atoms with Crippen LogP contribution in [0.5, 0.6) is 11.8 Å². The number of ether oxygens (including phenoxy) is 1. The first-order chi connectivity index (χ1) is 8.86. The number of rotatable bonds is 2. The highest BCUT2D eigenvalue weighted by atomic mass is 79.9. The number of halogens is 4. The standard InChI is InChI=1S/C12H8BrF3N2O/c1-7-2-3-9(8(13)6-7)19-11-17-5-4-10(18-11)12(14,15)16/h2-6H,1H3. The van der Waals surface area contributed by atoms with Crippen LogP contribution >= 0.6 is 15.9 Å². The van der Waals surface area contributed by atoms with E-state index in [1.807, 2.05) is 6.92 Å². The van der Waals surface area contributed by atoms with Gasteiger partial charge in [-0.2, -0.15) is 18.2 Å². The highest BCUT2D eigenvalue weighted by Crippen LogP contribution is 2.31. The maximum atomic E-state index is 12.5. The third kappa shape index (κ3) is 3.44. The summed E-state index contributed by atoms with van der Waals surface area (Å²) in [5, 5.41) is 0. The van der Waals surface area contributed by atoms with Gasteiger partial charge < -0.3 is 4.74 Å². The van der Waals surface area contributed by atoms with Crippen LogP contribution in [0.1, 0.15) is 11.3 Å². The second-order valence-electron chi connectivity index (χ2n) is 3.76. The van der Waals surface area contributed by atoms with Crippen LogP contribution in [0.2, 0.25) is 0 Å². The number of alkyl halides is 3. The monoisotopic (exact) mass is 332 g/mol. The topological polar surface area (TPSA) is 35.0 Å². The molecule has 3 nitrogen and oxygen atoms in total. The van der Waals surface area contributed by atoms with Crippen LogP contribution in [0, 0.1) is 6.92 Å². The highest BCUT2D eigenvalue weighted by molar-refractivity contribution is 9.10. The molecule has 0 N–H and O–H groups in total. The van der Waals surface area contributed by atoms with Gasteiger partial charge in [-0.1, -0.05) is 6.07 Å². The lowest BCUT2D eigenvalue weighted by molar-refractivity contribution is -0.141. The number of aryl methyl sites for hydroxylation is 1. The minimum Gasteiger partial charge on any atom is -0.423 e. The Morgan fingerprint density at radius 1 is 1.21 bits per heavy atom. The van der Waals surface area contributed by atoms with Crippen LogP contribution in [-0.4, -0.2) is 9.97 Å². The highest BCUT2D eigenvalue weighted by Gasteiger charge is 2.33. The molecule has 1 aromatic heterocycles. The maximum absolute atomic E-state index is 12.5. The van der Waals surface area contributed by atoms with E-state index in [0.29, 0.717) is 10.2 Å². The van der Waals surface area contributed by atoms with Crippen LogP contribution in [0.4, 0.5) is 13.2 Å². The Morgan fingerprint density at radius 2 is 1.95 bits per heavy atom. The Labute approximate surface area is 115 Å². The van der Waals surface area contributed by atoms with Gasteiger partial charge in [0.2, 0.25) is 0 Å². The molecule has 0 spiro atoms. The maximum Gasteiger partial charge on any atom is 0.433 e. The molecule has 0 radical (unpaired) electrons. The molecular formula is C12H8BrF3N2O. The summed E-state index contributed by atoms with van der Waals surface area (Å²) in [5.74, 6) is 0.352. The lowest BCUT2D eigenvalue weighted by Crippen LogP contribution is -2.08. The van der Waals surface area contributed by atoms with Crippen molar-refractivity contribution in [3.8, 4) is 11.8 Å². The summed E-state index contributed by atoms with van der Waals surface area (Å²) in [6.45, 7) is 1.88. The molecule has 1 heterocycles. The quantitative estimate of drug-likeness (QED) is 0.819. The van der Waals surface area contributed by atoms with Crippen molar-refractivity contribution < 1.29 is 17.9 Å². The summed E-state index contributed by atoms with van der Waals surface area (Å²) in [7, 11) is 0. The van der Waals surface area contributed by atoms with Gasteiger partial charge >= 0.3 is 12.2 Å². The number of hydrogen-bond donors (Lipinski definition) is 0. The fourth-order valence-corrected chi connectivity index (χ4v) is 1.91. The molecule has 0 saturated carbocycles. The number of benzene rings is 1. The Morgan fingerprint density at radius 3 is 2.58 bits per heavy atom. The lowest BCUT2D eigenvalue weighted by Gasteiger charge is -2.09. The summed E-state index contributed by atoms with van der Waals surface area (Å²) in [5.41, 5.74) is -0.0510. The average Bonchev–Trinajstić information content (AvgIpc) is 2.32. The fraction of sp³-hybridized carbons (Fsp3) is 0.167. The average molecular weight is 333 g/mol. The van der Waals surface area contributed by atoms with E-state index in [9.17, 15) is 13.2 Å². The molecular weight excluding hydrogens is 325 g/mol. The van der Waals surface area contributed by atoms with Crippen molar-refractivity contribution >= 4 is 15.9 Å². The fourth-order valence-electron chi connectivity index (χ4n) is 1.33. The molecule has 0 amide bonds. The summed E-state index contributed by atoms with van der Waals surface area (Å²) in [6.07, 6.45) is -3.52. The molecule has 0 aliphatic heterocycles. The zero-order valence-electron chi connectivity index (χ0n) is 9.70. The summed E-state index contributed by atoms with van der Waals surface area (Å²) < 4.78 is 43.3. The van der Waals surface area contributed by atoms with Gasteiger partial charge in [0.25, 0.3) is 0 Å². The van der Waals surface area contributed by atoms with Crippen molar-refractivity contribution in [1.29, 1.82) is 0 Å². The lowest BCUT2D eigenvalue weighted by atomic mass is 10.2. The van der Waals surface area contributed by atoms with Crippen molar-refractivity contribution in [2.24, 2.45) is 0 Å². The van der Waals surface area contributed by atoms with Gasteiger partial charge in [-0.15, -0.1) is 0 Å². The molecule has 1 aromatic carbocycles. The molecule has 0 fully saturated rings. The second kappa shape index (κ2) is 5.16. The molecule has 0 aliphatic carbocycles. The Bertz CT molecular complexity index is 602. The molecule has 2 rings (SSSR count). The number of nitrogens with zero attached hydrogens (tertiary/aromatic N) is 2. The van der Waals surface area contributed by atoms with E-state index in [4.69, 9.17) is 4.74 Å². The Kier molecular flexibility index (Phi) is 3.75. The molecule has 0 unspecified atom stereocenters. The van der Waals surface area contributed by atoms with E-state index in [1.54, 1.807) is 18.2 Å².